The van der Waals surface area contributed by atoms with Crippen LogP contribution < -0.4 is 10.9 Å². The average Bonchev–Trinajstić information content (AvgIpc) is 2.30. The summed E-state index contributed by atoms with van der Waals surface area (Å²) < 4.78 is 12.8. The topological polar surface area (TPSA) is 57.3 Å². The van der Waals surface area contributed by atoms with Gasteiger partial charge in [0.25, 0.3) is 5.91 Å². The van der Waals surface area contributed by atoms with Crippen molar-refractivity contribution in [2.24, 2.45) is 0 Å². The Balaban J connectivity index is 2.03. The number of halogens is 1. The Morgan fingerprint density at radius 2 is 2.38 bits per heavy atom. The van der Waals surface area contributed by atoms with Gasteiger partial charge in [0.2, 0.25) is 5.95 Å². The first-order valence-corrected chi connectivity index (χ1v) is 4.57. The van der Waals surface area contributed by atoms with Gasteiger partial charge in [0.1, 0.15) is 0 Å². The van der Waals surface area contributed by atoms with Crippen LogP contribution in [0.5, 0.6) is 0 Å². The molecule has 0 aromatic carbocycles. The number of nitrogens with zero attached hydrogens (tertiary/aromatic N) is 2. The van der Waals surface area contributed by atoms with Gasteiger partial charge < -0.3 is 0 Å². The third kappa shape index (κ3) is 2.35. The van der Waals surface area contributed by atoms with E-state index in [-0.39, 0.29) is 5.56 Å². The zero-order valence-electron chi connectivity index (χ0n) is 8.22. The smallest absolute Gasteiger partial charge is 0.271 e. The van der Waals surface area contributed by atoms with Gasteiger partial charge in [0.15, 0.2) is 0 Å². The highest BCUT2D eigenvalue weighted by Gasteiger charge is 2.09. The molecule has 5 nitrogen and oxygen atoms in total. The van der Waals surface area contributed by atoms with Gasteiger partial charge in [-0.3, -0.25) is 10.2 Å². The number of pyridine rings is 1. The Labute approximate surface area is 91.2 Å². The summed E-state index contributed by atoms with van der Waals surface area (Å²) in [6.45, 7) is 0. The number of hydrazine groups is 2. The van der Waals surface area contributed by atoms with E-state index < -0.39 is 11.9 Å². The first-order chi connectivity index (χ1) is 7.75. The minimum atomic E-state index is -0.685. The quantitative estimate of drug-likeness (QED) is 0.721. The van der Waals surface area contributed by atoms with Crippen LogP contribution in [0.25, 0.3) is 0 Å². The summed E-state index contributed by atoms with van der Waals surface area (Å²) in [5, 5.41) is 1.36. The number of carbonyl (C=O) groups is 1. The minimum absolute atomic E-state index is 0.206. The van der Waals surface area contributed by atoms with Gasteiger partial charge in [-0.1, -0.05) is 0 Å². The highest BCUT2D eigenvalue weighted by Crippen LogP contribution is 2.00. The fraction of sp³-hybridized carbons (Fsp3) is 0. The molecule has 0 aliphatic carbocycles. The van der Waals surface area contributed by atoms with Gasteiger partial charge in [0.05, 0.1) is 0 Å². The number of rotatable bonds is 2. The van der Waals surface area contributed by atoms with E-state index in [9.17, 15) is 9.18 Å². The largest absolute Gasteiger partial charge is 0.287 e. The van der Waals surface area contributed by atoms with Crippen molar-refractivity contribution in [3.8, 4) is 0 Å². The molecule has 1 aromatic heterocycles. The highest BCUT2D eigenvalue weighted by molar-refractivity contribution is 5.93. The molecule has 6 heteroatoms. The first kappa shape index (κ1) is 10.2. The van der Waals surface area contributed by atoms with Crippen LogP contribution in [-0.4, -0.2) is 16.0 Å². The molecule has 0 radical (unpaired) electrons. The number of hydrogen-bond acceptors (Lipinski definition) is 4. The van der Waals surface area contributed by atoms with Gasteiger partial charge >= 0.3 is 0 Å². The van der Waals surface area contributed by atoms with E-state index in [1.54, 1.807) is 24.6 Å². The molecule has 0 saturated carbocycles. The van der Waals surface area contributed by atoms with E-state index in [4.69, 9.17) is 0 Å². The fourth-order valence-electron chi connectivity index (χ4n) is 1.14. The lowest BCUT2D eigenvalue weighted by atomic mass is 10.2. The number of allylic oxidation sites excluding steroid dienone is 2. The number of carbonyl (C=O) groups excluding carboxylic acids is 1. The molecule has 0 unspecified atom stereocenters. The van der Waals surface area contributed by atoms with E-state index in [2.05, 4.69) is 15.8 Å². The number of amides is 1. The summed E-state index contributed by atoms with van der Waals surface area (Å²) in [4.78, 5) is 15.0. The van der Waals surface area contributed by atoms with Gasteiger partial charge in [-0.25, -0.2) is 15.5 Å². The predicted molar refractivity (Wildman–Crippen MR) is 54.9 cm³/mol. The maximum atomic E-state index is 12.8. The normalized spacial score (nSPS) is 13.4. The predicted octanol–water partition coefficient (Wildman–Crippen LogP) is 0.713. The SMILES string of the molecule is O=C(NN1C=CC=CN1)c1ccnc(F)c1. The van der Waals surface area contributed by atoms with Crippen molar-refractivity contribution >= 4 is 5.91 Å². The van der Waals surface area contributed by atoms with Gasteiger partial charge in [-0.15, -0.1) is 0 Å². The van der Waals surface area contributed by atoms with Crippen molar-refractivity contribution in [1.82, 2.24) is 21.0 Å². The van der Waals surface area contributed by atoms with E-state index in [1.807, 2.05) is 0 Å². The lowest BCUT2D eigenvalue weighted by molar-refractivity contribution is 0.0812. The van der Waals surface area contributed by atoms with Gasteiger partial charge in [0, 0.05) is 30.2 Å². The third-order valence-corrected chi connectivity index (χ3v) is 1.87. The lowest BCUT2D eigenvalue weighted by Crippen LogP contribution is -2.45. The van der Waals surface area contributed by atoms with Crippen molar-refractivity contribution in [2.75, 3.05) is 0 Å². The first-order valence-electron chi connectivity index (χ1n) is 4.57. The minimum Gasteiger partial charge on any atom is -0.287 e. The highest BCUT2D eigenvalue weighted by atomic mass is 19.1. The summed E-state index contributed by atoms with van der Waals surface area (Å²) in [7, 11) is 0. The third-order valence-electron chi connectivity index (χ3n) is 1.87. The molecule has 0 spiro atoms. The Morgan fingerprint density at radius 3 is 3.06 bits per heavy atom. The molecule has 0 atom stereocenters. The molecule has 1 aliphatic heterocycles. The van der Waals surface area contributed by atoms with E-state index >= 15 is 0 Å². The average molecular weight is 220 g/mol. The molecular formula is C10H9FN4O. The second-order valence-corrected chi connectivity index (χ2v) is 3.01. The Hall–Kier alpha value is -2.37. The standard InChI is InChI=1S/C10H9FN4O/c11-9-7-8(3-5-12-9)10(16)14-15-6-2-1-4-13-15/h1-7,13H,(H,14,16). The van der Waals surface area contributed by atoms with Gasteiger partial charge in [-0.2, -0.15) is 4.39 Å². The van der Waals surface area contributed by atoms with Crippen LogP contribution in [-0.2, 0) is 0 Å². The van der Waals surface area contributed by atoms with Crippen molar-refractivity contribution < 1.29 is 9.18 Å². The van der Waals surface area contributed by atoms with Crippen LogP contribution in [0.2, 0.25) is 0 Å². The van der Waals surface area contributed by atoms with Crippen LogP contribution in [0.4, 0.5) is 4.39 Å². The molecule has 1 aromatic rings. The van der Waals surface area contributed by atoms with Crippen molar-refractivity contribution in [3.63, 3.8) is 0 Å². The van der Waals surface area contributed by atoms with Crippen LogP contribution >= 0.6 is 0 Å². The van der Waals surface area contributed by atoms with E-state index in [0.29, 0.717) is 0 Å². The number of hydrogen-bond donors (Lipinski definition) is 2. The summed E-state index contributed by atoms with van der Waals surface area (Å²) in [6, 6.07) is 2.50. The van der Waals surface area contributed by atoms with Gasteiger partial charge in [-0.05, 0) is 18.2 Å². The molecule has 1 aliphatic rings. The Kier molecular flexibility index (Phi) is 2.81. The zero-order valence-corrected chi connectivity index (χ0v) is 8.22. The molecule has 2 heterocycles. The summed E-state index contributed by atoms with van der Waals surface area (Å²) in [6.07, 6.45) is 8.02. The molecule has 2 rings (SSSR count). The molecule has 0 saturated heterocycles. The van der Waals surface area contributed by atoms with Crippen molar-refractivity contribution in [3.05, 3.63) is 54.4 Å². The van der Waals surface area contributed by atoms with Crippen molar-refractivity contribution in [1.29, 1.82) is 0 Å². The van der Waals surface area contributed by atoms with Crippen molar-refractivity contribution in [2.45, 2.75) is 0 Å². The van der Waals surface area contributed by atoms with Crippen LogP contribution in [0.15, 0.2) is 42.9 Å². The zero-order chi connectivity index (χ0) is 11.4. The Morgan fingerprint density at radius 1 is 1.50 bits per heavy atom. The van der Waals surface area contributed by atoms with Crippen LogP contribution in [0, 0.1) is 5.95 Å². The van der Waals surface area contributed by atoms with E-state index in [1.165, 1.54) is 17.4 Å². The van der Waals surface area contributed by atoms with Crippen LogP contribution in [0.3, 0.4) is 0 Å². The lowest BCUT2D eigenvalue weighted by Gasteiger charge is -2.22. The number of aromatic nitrogens is 1. The Bertz CT molecular complexity index is 458. The molecule has 1 amide bonds. The van der Waals surface area contributed by atoms with Crippen LogP contribution in [0.1, 0.15) is 10.4 Å². The summed E-state index contributed by atoms with van der Waals surface area (Å²) in [5.41, 5.74) is 5.48. The molecular weight excluding hydrogens is 211 g/mol. The second kappa shape index (κ2) is 4.43. The molecule has 0 fully saturated rings. The number of nitrogens with one attached hydrogen (secondary N) is 2. The molecule has 82 valence electrons. The summed E-state index contributed by atoms with van der Waals surface area (Å²) in [5.74, 6) is -1.11. The molecule has 0 bridgehead atoms. The molecule has 2 N–H and O–H groups in total. The maximum absolute atomic E-state index is 12.8. The summed E-state index contributed by atoms with van der Waals surface area (Å²) >= 11 is 0. The van der Waals surface area contributed by atoms with E-state index in [0.717, 1.165) is 6.07 Å². The second-order valence-electron chi connectivity index (χ2n) is 3.01. The maximum Gasteiger partial charge on any atom is 0.271 e. The monoisotopic (exact) mass is 220 g/mol. The molecule has 16 heavy (non-hydrogen) atoms. The fourth-order valence-corrected chi connectivity index (χ4v) is 1.14.